The molecule has 2 bridgehead atoms. The van der Waals surface area contributed by atoms with Crippen LogP contribution in [0.1, 0.15) is 98.3 Å². The van der Waals surface area contributed by atoms with Crippen LogP contribution in [0.25, 0.3) is 0 Å². The molecule has 2 unspecified atom stereocenters. The number of carbonyl (C=O) groups excluding carboxylic acids is 1. The van der Waals surface area contributed by atoms with Crippen LogP contribution < -0.4 is 0 Å². The molecule has 2 atom stereocenters. The Morgan fingerprint density at radius 2 is 1.88 bits per heavy atom. The van der Waals surface area contributed by atoms with Crippen LogP contribution in [0.4, 0.5) is 4.79 Å². The molecule has 1 saturated heterocycles. The Kier molecular flexibility index (Phi) is 7.18. The van der Waals surface area contributed by atoms with E-state index >= 15 is 0 Å². The van der Waals surface area contributed by atoms with Gasteiger partial charge in [-0.05, 0) is 59.3 Å². The molecule has 2 aliphatic rings. The molecule has 0 saturated carbocycles. The van der Waals surface area contributed by atoms with Gasteiger partial charge in [0, 0.05) is 6.04 Å². The molecule has 0 radical (unpaired) electrons. The van der Waals surface area contributed by atoms with Gasteiger partial charge in [0.05, 0.1) is 6.04 Å². The summed E-state index contributed by atoms with van der Waals surface area (Å²) in [7, 11) is 0. The molecule has 138 valence electrons. The van der Waals surface area contributed by atoms with Crippen LogP contribution in [0.2, 0.25) is 0 Å². The highest BCUT2D eigenvalue weighted by Gasteiger charge is 2.38. The van der Waals surface area contributed by atoms with Crippen molar-refractivity contribution in [3.05, 3.63) is 11.6 Å². The van der Waals surface area contributed by atoms with Crippen LogP contribution in [-0.2, 0) is 4.74 Å². The fourth-order valence-corrected chi connectivity index (χ4v) is 4.04. The second-order valence-corrected chi connectivity index (χ2v) is 8.59. The van der Waals surface area contributed by atoms with Crippen molar-refractivity contribution in [2.24, 2.45) is 0 Å². The van der Waals surface area contributed by atoms with E-state index in [4.69, 9.17) is 4.74 Å². The second kappa shape index (κ2) is 8.92. The number of unbranched alkanes of at least 4 members (excludes halogenated alkanes) is 5. The molecule has 0 aromatic heterocycles. The van der Waals surface area contributed by atoms with E-state index in [9.17, 15) is 4.79 Å². The summed E-state index contributed by atoms with van der Waals surface area (Å²) in [5.41, 5.74) is 1.17. The summed E-state index contributed by atoms with van der Waals surface area (Å²) in [5, 5.41) is 0. The molecule has 3 heteroatoms. The maximum atomic E-state index is 12.6. The highest BCUT2D eigenvalue weighted by Crippen LogP contribution is 2.36. The molecule has 2 aliphatic heterocycles. The molecule has 0 aliphatic carbocycles. The average molecular weight is 336 g/mol. The van der Waals surface area contributed by atoms with Crippen molar-refractivity contribution >= 4 is 6.09 Å². The van der Waals surface area contributed by atoms with Crippen LogP contribution in [0.5, 0.6) is 0 Å². The van der Waals surface area contributed by atoms with E-state index in [0.717, 1.165) is 19.3 Å². The lowest BCUT2D eigenvalue weighted by Crippen LogP contribution is -2.53. The van der Waals surface area contributed by atoms with E-state index in [1.54, 1.807) is 5.57 Å². The molecular weight excluding hydrogens is 298 g/mol. The van der Waals surface area contributed by atoms with Crippen LogP contribution in [0, 0.1) is 0 Å². The molecule has 1 fully saturated rings. The van der Waals surface area contributed by atoms with Gasteiger partial charge in [0.25, 0.3) is 0 Å². The minimum Gasteiger partial charge on any atom is -0.444 e. The summed E-state index contributed by atoms with van der Waals surface area (Å²) in [6.07, 6.45) is 16.1. The van der Waals surface area contributed by atoms with Gasteiger partial charge in [0.2, 0.25) is 0 Å². The fraction of sp³-hybridized carbons (Fsp3) is 0.857. The number of hydrogen-bond donors (Lipinski definition) is 0. The normalized spacial score (nSPS) is 23.8. The highest BCUT2D eigenvalue weighted by atomic mass is 16.6. The van der Waals surface area contributed by atoms with Gasteiger partial charge in [0.15, 0.2) is 0 Å². The Morgan fingerprint density at radius 3 is 2.54 bits per heavy atom. The lowest BCUT2D eigenvalue weighted by Gasteiger charge is -2.45. The van der Waals surface area contributed by atoms with Gasteiger partial charge in [-0.2, -0.15) is 0 Å². The zero-order chi connectivity index (χ0) is 17.6. The van der Waals surface area contributed by atoms with E-state index in [-0.39, 0.29) is 12.1 Å². The van der Waals surface area contributed by atoms with Crippen LogP contribution in [0.15, 0.2) is 11.6 Å². The molecule has 2 heterocycles. The van der Waals surface area contributed by atoms with E-state index in [2.05, 4.69) is 13.0 Å². The van der Waals surface area contributed by atoms with Gasteiger partial charge in [-0.15, -0.1) is 0 Å². The average Bonchev–Trinajstić information content (AvgIpc) is 2.48. The fourth-order valence-electron chi connectivity index (χ4n) is 4.04. The smallest absolute Gasteiger partial charge is 0.411 e. The third kappa shape index (κ3) is 5.82. The van der Waals surface area contributed by atoms with Crippen molar-refractivity contribution in [3.63, 3.8) is 0 Å². The third-order valence-electron chi connectivity index (χ3n) is 5.17. The molecule has 1 amide bonds. The van der Waals surface area contributed by atoms with Gasteiger partial charge >= 0.3 is 6.09 Å². The second-order valence-electron chi connectivity index (χ2n) is 8.59. The predicted molar refractivity (Wildman–Crippen MR) is 100 cm³/mol. The third-order valence-corrected chi connectivity index (χ3v) is 5.17. The van der Waals surface area contributed by atoms with Crippen molar-refractivity contribution in [3.8, 4) is 0 Å². The molecular formula is C21H37NO2. The van der Waals surface area contributed by atoms with Crippen LogP contribution >= 0.6 is 0 Å². The lowest BCUT2D eigenvalue weighted by atomic mass is 9.84. The SMILES string of the molecule is CCCCCCCCC1=CC2CCCC(C1)N2C(=O)OC(C)(C)C. The monoisotopic (exact) mass is 335 g/mol. The summed E-state index contributed by atoms with van der Waals surface area (Å²) in [6.45, 7) is 8.11. The molecule has 0 spiro atoms. The van der Waals surface area contributed by atoms with Gasteiger partial charge in [-0.3, -0.25) is 4.90 Å². The summed E-state index contributed by atoms with van der Waals surface area (Å²) < 4.78 is 5.64. The quantitative estimate of drug-likeness (QED) is 0.408. The van der Waals surface area contributed by atoms with Crippen molar-refractivity contribution in [1.82, 2.24) is 4.90 Å². The van der Waals surface area contributed by atoms with Crippen LogP contribution in [0.3, 0.4) is 0 Å². The van der Waals surface area contributed by atoms with Crippen molar-refractivity contribution in [2.75, 3.05) is 0 Å². The Labute approximate surface area is 148 Å². The van der Waals surface area contributed by atoms with Gasteiger partial charge in [-0.1, -0.05) is 50.7 Å². The van der Waals surface area contributed by atoms with Crippen molar-refractivity contribution < 1.29 is 9.53 Å². The zero-order valence-electron chi connectivity index (χ0n) is 16.3. The summed E-state index contributed by atoms with van der Waals surface area (Å²) in [6, 6.07) is 0.626. The van der Waals surface area contributed by atoms with E-state index in [1.165, 1.54) is 51.4 Å². The van der Waals surface area contributed by atoms with Crippen molar-refractivity contribution in [2.45, 2.75) is 116 Å². The number of piperidine rings is 1. The molecule has 0 aromatic carbocycles. The molecule has 24 heavy (non-hydrogen) atoms. The summed E-state index contributed by atoms with van der Waals surface area (Å²) >= 11 is 0. The Bertz CT molecular complexity index is 436. The first-order valence-electron chi connectivity index (χ1n) is 10.1. The number of ether oxygens (including phenoxy) is 1. The predicted octanol–water partition coefficient (Wildman–Crippen LogP) is 6.23. The first kappa shape index (κ1) is 19.3. The number of nitrogens with zero attached hydrogens (tertiary/aromatic N) is 1. The Hall–Kier alpha value is -0.990. The minimum absolute atomic E-state index is 0.118. The number of hydrogen-bond acceptors (Lipinski definition) is 2. The highest BCUT2D eigenvalue weighted by molar-refractivity contribution is 5.70. The largest absolute Gasteiger partial charge is 0.444 e. The van der Waals surface area contributed by atoms with E-state index < -0.39 is 5.60 Å². The lowest BCUT2D eigenvalue weighted by molar-refractivity contribution is -0.00159. The number of amides is 1. The van der Waals surface area contributed by atoms with Gasteiger partial charge in [0.1, 0.15) is 5.60 Å². The molecule has 3 nitrogen and oxygen atoms in total. The van der Waals surface area contributed by atoms with Crippen molar-refractivity contribution in [1.29, 1.82) is 0 Å². The standard InChI is InChI=1S/C21H37NO2/c1-5-6-7-8-9-10-12-17-15-18-13-11-14-19(16-17)22(18)20(23)24-21(2,3)4/h15,18-19H,5-14,16H2,1-4H3. The van der Waals surface area contributed by atoms with E-state index in [0.29, 0.717) is 6.04 Å². The minimum atomic E-state index is -0.409. The maximum absolute atomic E-state index is 12.6. The molecule has 0 aromatic rings. The van der Waals surface area contributed by atoms with Gasteiger partial charge in [-0.25, -0.2) is 4.79 Å². The number of rotatable bonds is 7. The van der Waals surface area contributed by atoms with Gasteiger partial charge < -0.3 is 4.74 Å². The first-order valence-corrected chi connectivity index (χ1v) is 10.1. The number of fused-ring (bicyclic) bond motifs is 2. The number of carbonyl (C=O) groups is 1. The zero-order valence-corrected chi connectivity index (χ0v) is 16.3. The topological polar surface area (TPSA) is 29.5 Å². The molecule has 2 rings (SSSR count). The maximum Gasteiger partial charge on any atom is 0.411 e. The van der Waals surface area contributed by atoms with Crippen LogP contribution in [-0.4, -0.2) is 28.7 Å². The van der Waals surface area contributed by atoms with E-state index in [1.807, 2.05) is 25.7 Å². The Balaban J connectivity index is 1.86. The molecule has 0 N–H and O–H groups in total. The Morgan fingerprint density at radius 1 is 1.17 bits per heavy atom. The summed E-state index contributed by atoms with van der Waals surface area (Å²) in [5.74, 6) is 0. The summed E-state index contributed by atoms with van der Waals surface area (Å²) in [4.78, 5) is 14.6. The first-order chi connectivity index (χ1) is 11.4.